The highest BCUT2D eigenvalue weighted by Gasteiger charge is 2.26. The molecule has 1 aliphatic heterocycles. The summed E-state index contributed by atoms with van der Waals surface area (Å²) in [6.07, 6.45) is 5.99. The zero-order chi connectivity index (χ0) is 14.5. The van der Waals surface area contributed by atoms with Gasteiger partial charge in [0.15, 0.2) is 11.5 Å². The van der Waals surface area contributed by atoms with Crippen LogP contribution in [0, 0.1) is 0 Å². The van der Waals surface area contributed by atoms with Crippen molar-refractivity contribution in [1.29, 1.82) is 0 Å². The molecule has 108 valence electrons. The summed E-state index contributed by atoms with van der Waals surface area (Å²) in [7, 11) is 3.35. The first-order valence-electron chi connectivity index (χ1n) is 6.97. The fraction of sp³-hybridized carbons (Fsp3) is 0.412. The van der Waals surface area contributed by atoms with Crippen molar-refractivity contribution in [2.75, 3.05) is 27.3 Å². The molecule has 0 aliphatic carbocycles. The average Bonchev–Trinajstić information content (AvgIpc) is 2.50. The van der Waals surface area contributed by atoms with Gasteiger partial charge in [-0.2, -0.15) is 0 Å². The summed E-state index contributed by atoms with van der Waals surface area (Å²) in [4.78, 5) is 2.43. The van der Waals surface area contributed by atoms with Gasteiger partial charge in [-0.05, 0) is 36.1 Å². The van der Waals surface area contributed by atoms with E-state index >= 15 is 0 Å². The van der Waals surface area contributed by atoms with Crippen LogP contribution in [-0.4, -0.2) is 32.2 Å². The Morgan fingerprint density at radius 2 is 1.95 bits per heavy atom. The van der Waals surface area contributed by atoms with Gasteiger partial charge in [-0.1, -0.05) is 12.2 Å². The van der Waals surface area contributed by atoms with E-state index < -0.39 is 0 Å². The fourth-order valence-electron chi connectivity index (χ4n) is 2.81. The van der Waals surface area contributed by atoms with E-state index in [0.717, 1.165) is 37.4 Å². The molecule has 0 amide bonds. The molecule has 1 aromatic carbocycles. The van der Waals surface area contributed by atoms with E-state index in [1.54, 1.807) is 14.2 Å². The standard InChI is InChI=1S/C17H23NO2/c1-5-7-9-18-10-8-13-11-16(19-3)17(20-4)12-14(13)15(18)6-2/h5-6,11-12,15H,1-2,7-10H2,3-4H3. The van der Waals surface area contributed by atoms with Crippen LogP contribution >= 0.6 is 0 Å². The topological polar surface area (TPSA) is 21.7 Å². The number of hydrogen-bond donors (Lipinski definition) is 0. The first-order valence-corrected chi connectivity index (χ1v) is 6.97. The lowest BCUT2D eigenvalue weighted by atomic mass is 9.91. The van der Waals surface area contributed by atoms with Gasteiger partial charge in [-0.3, -0.25) is 4.90 Å². The van der Waals surface area contributed by atoms with Crippen molar-refractivity contribution in [1.82, 2.24) is 4.90 Å². The Morgan fingerprint density at radius 1 is 1.25 bits per heavy atom. The smallest absolute Gasteiger partial charge is 0.161 e. The van der Waals surface area contributed by atoms with E-state index in [2.05, 4.69) is 30.2 Å². The van der Waals surface area contributed by atoms with Crippen molar-refractivity contribution < 1.29 is 9.47 Å². The first-order chi connectivity index (χ1) is 9.74. The zero-order valence-electron chi connectivity index (χ0n) is 12.4. The summed E-state index contributed by atoms with van der Waals surface area (Å²) in [5.41, 5.74) is 2.59. The lowest BCUT2D eigenvalue weighted by Gasteiger charge is -2.36. The molecule has 2 rings (SSSR count). The highest BCUT2D eigenvalue weighted by Crippen LogP contribution is 2.38. The van der Waals surface area contributed by atoms with Crippen molar-refractivity contribution in [3.63, 3.8) is 0 Å². The van der Waals surface area contributed by atoms with Gasteiger partial charge in [0.05, 0.1) is 20.3 Å². The van der Waals surface area contributed by atoms with E-state index in [-0.39, 0.29) is 6.04 Å². The molecule has 1 aliphatic rings. The summed E-state index contributed by atoms with van der Waals surface area (Å²) in [6.45, 7) is 9.84. The Hall–Kier alpha value is -1.74. The number of benzene rings is 1. The molecule has 3 nitrogen and oxygen atoms in total. The summed E-state index contributed by atoms with van der Waals surface area (Å²) in [5.74, 6) is 1.58. The van der Waals surface area contributed by atoms with Gasteiger partial charge in [0, 0.05) is 13.1 Å². The van der Waals surface area contributed by atoms with Crippen molar-refractivity contribution in [2.24, 2.45) is 0 Å². The maximum atomic E-state index is 5.42. The first kappa shape index (κ1) is 14.7. The Balaban J connectivity index is 2.37. The van der Waals surface area contributed by atoms with Gasteiger partial charge < -0.3 is 9.47 Å². The Labute approximate surface area is 121 Å². The van der Waals surface area contributed by atoms with Gasteiger partial charge in [-0.25, -0.2) is 0 Å². The monoisotopic (exact) mass is 273 g/mol. The van der Waals surface area contributed by atoms with Crippen LogP contribution in [0.1, 0.15) is 23.6 Å². The molecule has 0 N–H and O–H groups in total. The third kappa shape index (κ3) is 2.73. The van der Waals surface area contributed by atoms with Crippen molar-refractivity contribution in [2.45, 2.75) is 18.9 Å². The second-order valence-corrected chi connectivity index (χ2v) is 4.95. The number of ether oxygens (including phenoxy) is 2. The van der Waals surface area contributed by atoms with Crippen LogP contribution in [-0.2, 0) is 6.42 Å². The molecular formula is C17H23NO2. The summed E-state index contributed by atoms with van der Waals surface area (Å²) < 4.78 is 10.8. The van der Waals surface area contributed by atoms with E-state index in [1.807, 2.05) is 12.2 Å². The number of rotatable bonds is 6. The molecule has 0 fully saturated rings. The van der Waals surface area contributed by atoms with Gasteiger partial charge in [-0.15, -0.1) is 13.2 Å². The molecule has 1 heterocycles. The highest BCUT2D eigenvalue weighted by molar-refractivity contribution is 5.50. The minimum atomic E-state index is 0.235. The Kier molecular flexibility index (Phi) is 4.85. The number of nitrogens with zero attached hydrogens (tertiary/aromatic N) is 1. The Morgan fingerprint density at radius 3 is 2.55 bits per heavy atom. The van der Waals surface area contributed by atoms with Crippen molar-refractivity contribution in [3.8, 4) is 11.5 Å². The second kappa shape index (κ2) is 6.62. The molecule has 20 heavy (non-hydrogen) atoms. The van der Waals surface area contributed by atoms with E-state index in [9.17, 15) is 0 Å². The van der Waals surface area contributed by atoms with Crippen LogP contribution in [0.2, 0.25) is 0 Å². The molecule has 1 aromatic rings. The Bertz CT molecular complexity index is 496. The van der Waals surface area contributed by atoms with Crippen molar-refractivity contribution >= 4 is 0 Å². The predicted octanol–water partition coefficient (Wildman–Crippen LogP) is 3.37. The van der Waals surface area contributed by atoms with Gasteiger partial charge in [0.1, 0.15) is 0 Å². The third-order valence-corrected chi connectivity index (χ3v) is 3.87. The molecule has 1 atom stereocenters. The molecule has 0 saturated heterocycles. The molecule has 1 unspecified atom stereocenters. The molecule has 0 bridgehead atoms. The number of hydrogen-bond acceptors (Lipinski definition) is 3. The van der Waals surface area contributed by atoms with Crippen molar-refractivity contribution in [3.05, 3.63) is 48.6 Å². The van der Waals surface area contributed by atoms with Crippen LogP contribution < -0.4 is 9.47 Å². The molecule has 0 radical (unpaired) electrons. The van der Waals surface area contributed by atoms with E-state index in [1.165, 1.54) is 11.1 Å². The minimum Gasteiger partial charge on any atom is -0.493 e. The molecular weight excluding hydrogens is 250 g/mol. The largest absolute Gasteiger partial charge is 0.493 e. The number of fused-ring (bicyclic) bond motifs is 1. The summed E-state index contributed by atoms with van der Waals surface area (Å²) in [5, 5.41) is 0. The lowest BCUT2D eigenvalue weighted by Crippen LogP contribution is -2.35. The predicted molar refractivity (Wildman–Crippen MR) is 82.6 cm³/mol. The zero-order valence-corrected chi connectivity index (χ0v) is 12.4. The SMILES string of the molecule is C=CCCN1CCc2cc(OC)c(OC)cc2C1C=C. The molecule has 0 saturated carbocycles. The average molecular weight is 273 g/mol. The summed E-state index contributed by atoms with van der Waals surface area (Å²) >= 11 is 0. The molecule has 3 heteroatoms. The third-order valence-electron chi connectivity index (χ3n) is 3.87. The maximum Gasteiger partial charge on any atom is 0.161 e. The van der Waals surface area contributed by atoms with Crippen LogP contribution in [0.5, 0.6) is 11.5 Å². The lowest BCUT2D eigenvalue weighted by molar-refractivity contribution is 0.222. The van der Waals surface area contributed by atoms with Crippen LogP contribution in [0.3, 0.4) is 0 Å². The fourth-order valence-corrected chi connectivity index (χ4v) is 2.81. The molecule has 0 spiro atoms. The quantitative estimate of drug-likeness (QED) is 0.742. The van der Waals surface area contributed by atoms with Crippen LogP contribution in [0.15, 0.2) is 37.4 Å². The van der Waals surface area contributed by atoms with Gasteiger partial charge in [0.25, 0.3) is 0 Å². The van der Waals surface area contributed by atoms with Gasteiger partial charge in [0.2, 0.25) is 0 Å². The summed E-state index contributed by atoms with van der Waals surface area (Å²) in [6, 6.07) is 4.41. The van der Waals surface area contributed by atoms with Crippen LogP contribution in [0.25, 0.3) is 0 Å². The van der Waals surface area contributed by atoms with Gasteiger partial charge >= 0.3 is 0 Å². The maximum absolute atomic E-state index is 5.42. The minimum absolute atomic E-state index is 0.235. The highest BCUT2D eigenvalue weighted by atomic mass is 16.5. The van der Waals surface area contributed by atoms with Crippen LogP contribution in [0.4, 0.5) is 0 Å². The second-order valence-electron chi connectivity index (χ2n) is 4.95. The van der Waals surface area contributed by atoms with E-state index in [4.69, 9.17) is 9.47 Å². The molecule has 0 aromatic heterocycles. The number of methoxy groups -OCH3 is 2. The van der Waals surface area contributed by atoms with E-state index in [0.29, 0.717) is 0 Å². The normalized spacial score (nSPS) is 18.2.